The van der Waals surface area contributed by atoms with E-state index in [1.807, 2.05) is 0 Å². The van der Waals surface area contributed by atoms with Crippen molar-refractivity contribution < 1.29 is 17.5 Å². The molecule has 0 unspecified atom stereocenters. The average molecular weight is 381 g/mol. The molecule has 1 aliphatic rings. The second-order valence-electron chi connectivity index (χ2n) is 5.84. The first-order valence-corrected chi connectivity index (χ1v) is 9.58. The Morgan fingerprint density at radius 1 is 1.17 bits per heavy atom. The number of ether oxygens (including phenoxy) is 1. The van der Waals surface area contributed by atoms with Gasteiger partial charge in [0.2, 0.25) is 10.0 Å². The highest BCUT2D eigenvalue weighted by atomic mass is 35.5. The summed E-state index contributed by atoms with van der Waals surface area (Å²) in [6, 6.07) is 4.09. The molecule has 0 radical (unpaired) electrons. The molecule has 1 fully saturated rings. The zero-order valence-electron chi connectivity index (χ0n) is 13.9. The molecule has 24 heavy (non-hydrogen) atoms. The normalized spacial score (nSPS) is 16.2. The zero-order valence-corrected chi connectivity index (χ0v) is 15.5. The number of hydrogen-bond donors (Lipinski definition) is 2. The molecule has 1 aliphatic carbocycles. The first-order chi connectivity index (χ1) is 11.0. The van der Waals surface area contributed by atoms with Gasteiger partial charge in [0.25, 0.3) is 0 Å². The maximum absolute atomic E-state index is 13.6. The van der Waals surface area contributed by atoms with E-state index in [4.69, 9.17) is 4.74 Å². The summed E-state index contributed by atoms with van der Waals surface area (Å²) in [7, 11) is -2.37. The molecule has 1 aromatic carbocycles. The molecule has 0 spiro atoms. The molecule has 8 heteroatoms. The van der Waals surface area contributed by atoms with Crippen molar-refractivity contribution in [2.24, 2.45) is 0 Å². The highest BCUT2D eigenvalue weighted by Crippen LogP contribution is 2.20. The Morgan fingerprint density at radius 3 is 2.42 bits per heavy atom. The third-order valence-electron chi connectivity index (χ3n) is 4.14. The number of rotatable bonds is 7. The van der Waals surface area contributed by atoms with Crippen molar-refractivity contribution in [1.82, 2.24) is 10.0 Å². The van der Waals surface area contributed by atoms with Gasteiger partial charge in [-0.15, -0.1) is 12.4 Å². The van der Waals surface area contributed by atoms with E-state index in [2.05, 4.69) is 10.0 Å². The van der Waals surface area contributed by atoms with E-state index in [1.165, 1.54) is 44.9 Å². The molecule has 0 heterocycles. The van der Waals surface area contributed by atoms with Gasteiger partial charge in [-0.3, -0.25) is 0 Å². The molecule has 138 valence electrons. The summed E-state index contributed by atoms with van der Waals surface area (Å²) in [4.78, 5) is -0.0923. The van der Waals surface area contributed by atoms with E-state index in [0.29, 0.717) is 12.6 Å². The minimum absolute atomic E-state index is 0. The smallest absolute Gasteiger partial charge is 0.240 e. The van der Waals surface area contributed by atoms with Gasteiger partial charge in [-0.05, 0) is 31.0 Å². The molecule has 0 aliphatic heterocycles. The van der Waals surface area contributed by atoms with Crippen LogP contribution in [-0.4, -0.2) is 34.7 Å². The number of sulfonamides is 1. The van der Waals surface area contributed by atoms with Crippen LogP contribution >= 0.6 is 12.4 Å². The lowest BCUT2D eigenvalue weighted by atomic mass is 10.1. The third kappa shape index (κ3) is 6.20. The van der Waals surface area contributed by atoms with Crippen molar-refractivity contribution in [3.8, 4) is 5.75 Å². The van der Waals surface area contributed by atoms with E-state index in [-0.39, 0.29) is 29.6 Å². The monoisotopic (exact) mass is 380 g/mol. The second-order valence-corrected chi connectivity index (χ2v) is 7.60. The molecule has 2 N–H and O–H groups in total. The minimum Gasteiger partial charge on any atom is -0.494 e. The molecule has 0 bridgehead atoms. The Bertz CT molecular complexity index is 605. The van der Waals surface area contributed by atoms with Crippen molar-refractivity contribution in [2.45, 2.75) is 49.5 Å². The molecule has 0 saturated heterocycles. The standard InChI is InChI=1S/C16H25FN2O3S.ClH/c1-22-16-9-8-14(12-15(16)17)23(20,21)19-11-10-18-13-6-4-2-3-5-7-13;/h8-9,12-13,18-19H,2-7,10-11H2,1H3;1H. The van der Waals surface area contributed by atoms with Crippen LogP contribution in [0.3, 0.4) is 0 Å². The SMILES string of the molecule is COc1ccc(S(=O)(=O)NCCNC2CCCCCC2)cc1F.Cl. The predicted molar refractivity (Wildman–Crippen MR) is 94.9 cm³/mol. The minimum atomic E-state index is -3.70. The van der Waals surface area contributed by atoms with E-state index < -0.39 is 15.8 Å². The fraction of sp³-hybridized carbons (Fsp3) is 0.625. The van der Waals surface area contributed by atoms with E-state index in [9.17, 15) is 12.8 Å². The van der Waals surface area contributed by atoms with Crippen LogP contribution in [0.5, 0.6) is 5.75 Å². The largest absolute Gasteiger partial charge is 0.494 e. The Morgan fingerprint density at radius 2 is 1.83 bits per heavy atom. The number of halogens is 2. The Hall–Kier alpha value is -0.890. The summed E-state index contributed by atoms with van der Waals surface area (Å²) in [6.07, 6.45) is 7.33. The first kappa shape index (κ1) is 21.2. The van der Waals surface area contributed by atoms with Gasteiger partial charge in [0.15, 0.2) is 11.6 Å². The van der Waals surface area contributed by atoms with Gasteiger partial charge in [-0.25, -0.2) is 17.5 Å². The van der Waals surface area contributed by atoms with Crippen LogP contribution in [-0.2, 0) is 10.0 Å². The molecular formula is C16H26ClFN2O3S. The maximum atomic E-state index is 13.6. The Labute approximate surface area is 149 Å². The summed E-state index contributed by atoms with van der Waals surface area (Å²) in [5, 5.41) is 3.39. The van der Waals surface area contributed by atoms with Crippen molar-refractivity contribution in [2.75, 3.05) is 20.2 Å². The lowest BCUT2D eigenvalue weighted by Crippen LogP contribution is -2.36. The van der Waals surface area contributed by atoms with Crippen LogP contribution in [0, 0.1) is 5.82 Å². The van der Waals surface area contributed by atoms with Crippen LogP contribution in [0.4, 0.5) is 4.39 Å². The van der Waals surface area contributed by atoms with Gasteiger partial charge < -0.3 is 10.1 Å². The highest BCUT2D eigenvalue weighted by Gasteiger charge is 2.17. The Kier molecular flexibility index (Phi) is 8.97. The van der Waals surface area contributed by atoms with Crippen molar-refractivity contribution in [3.63, 3.8) is 0 Å². The van der Waals surface area contributed by atoms with Crippen LogP contribution in [0.2, 0.25) is 0 Å². The van der Waals surface area contributed by atoms with Crippen LogP contribution in [0.1, 0.15) is 38.5 Å². The zero-order chi connectivity index (χ0) is 16.7. The quantitative estimate of drug-likeness (QED) is 0.563. The predicted octanol–water partition coefficient (Wildman–Crippen LogP) is 2.85. The van der Waals surface area contributed by atoms with Crippen LogP contribution in [0.15, 0.2) is 23.1 Å². The summed E-state index contributed by atoms with van der Waals surface area (Å²) >= 11 is 0. The topological polar surface area (TPSA) is 67.4 Å². The third-order valence-corrected chi connectivity index (χ3v) is 5.60. The van der Waals surface area contributed by atoms with Gasteiger partial charge in [0, 0.05) is 19.1 Å². The molecule has 0 atom stereocenters. The Balaban J connectivity index is 0.00000288. The van der Waals surface area contributed by atoms with Crippen LogP contribution < -0.4 is 14.8 Å². The number of hydrogen-bond acceptors (Lipinski definition) is 4. The first-order valence-electron chi connectivity index (χ1n) is 8.09. The van der Waals surface area contributed by atoms with Gasteiger partial charge in [0.05, 0.1) is 12.0 Å². The summed E-state index contributed by atoms with van der Waals surface area (Å²) in [5.41, 5.74) is 0. The fourth-order valence-electron chi connectivity index (χ4n) is 2.84. The molecule has 0 amide bonds. The van der Waals surface area contributed by atoms with Gasteiger partial charge >= 0.3 is 0 Å². The van der Waals surface area contributed by atoms with E-state index in [1.54, 1.807) is 0 Å². The lowest BCUT2D eigenvalue weighted by Gasteiger charge is -2.16. The molecule has 5 nitrogen and oxygen atoms in total. The van der Waals surface area contributed by atoms with Crippen molar-refractivity contribution in [3.05, 3.63) is 24.0 Å². The second kappa shape index (κ2) is 10.2. The van der Waals surface area contributed by atoms with Gasteiger partial charge in [-0.2, -0.15) is 0 Å². The molecule has 2 rings (SSSR count). The van der Waals surface area contributed by atoms with Crippen molar-refractivity contribution >= 4 is 22.4 Å². The van der Waals surface area contributed by atoms with Crippen LogP contribution in [0.25, 0.3) is 0 Å². The van der Waals surface area contributed by atoms with E-state index >= 15 is 0 Å². The molecule has 1 saturated carbocycles. The maximum Gasteiger partial charge on any atom is 0.240 e. The van der Waals surface area contributed by atoms with Gasteiger partial charge in [-0.1, -0.05) is 25.7 Å². The summed E-state index contributed by atoms with van der Waals surface area (Å²) in [6.45, 7) is 0.856. The molecule has 1 aromatic rings. The molecular weight excluding hydrogens is 355 g/mol. The highest BCUT2D eigenvalue weighted by molar-refractivity contribution is 7.89. The van der Waals surface area contributed by atoms with Crippen molar-refractivity contribution in [1.29, 1.82) is 0 Å². The fourth-order valence-corrected chi connectivity index (χ4v) is 3.89. The number of benzene rings is 1. The number of methoxy groups -OCH3 is 1. The summed E-state index contributed by atoms with van der Waals surface area (Å²) in [5.74, 6) is -0.661. The van der Waals surface area contributed by atoms with E-state index in [0.717, 1.165) is 18.9 Å². The molecule has 0 aromatic heterocycles. The average Bonchev–Trinajstić information content (AvgIpc) is 2.80. The lowest BCUT2D eigenvalue weighted by molar-refractivity contribution is 0.385. The summed E-state index contributed by atoms with van der Waals surface area (Å²) < 4.78 is 45.2. The van der Waals surface area contributed by atoms with Gasteiger partial charge in [0.1, 0.15) is 0 Å². The number of nitrogens with one attached hydrogen (secondary N) is 2.